The lowest BCUT2D eigenvalue weighted by Gasteiger charge is -2.40. The Hall–Kier alpha value is -1.88. The van der Waals surface area contributed by atoms with E-state index in [1.165, 1.54) is 5.56 Å². The van der Waals surface area contributed by atoms with Crippen molar-refractivity contribution >= 4 is 17.6 Å². The first-order valence-corrected chi connectivity index (χ1v) is 10.0. The van der Waals surface area contributed by atoms with Gasteiger partial charge in [-0.1, -0.05) is 60.1 Å². The van der Waals surface area contributed by atoms with Crippen molar-refractivity contribution in [1.29, 1.82) is 0 Å². The van der Waals surface area contributed by atoms with Gasteiger partial charge < -0.3 is 10.0 Å². The zero-order chi connectivity index (χ0) is 19.1. The predicted molar refractivity (Wildman–Crippen MR) is 109 cm³/mol. The standard InChI is InChI=1S/C22H27ClN2O2/c23-20-11-5-4-10-19(20)22(18-8-2-1-3-9-18)25-16-14-24(15-17-25)13-7-6-12-21(26)27/h1-5,8-11,22H,6-7,12-17H2,(H,26,27). The zero-order valence-corrected chi connectivity index (χ0v) is 16.3. The number of unbranched alkanes of at least 4 members (excludes halogenated alkanes) is 1. The number of carboxylic acids is 1. The third-order valence-corrected chi connectivity index (χ3v) is 5.55. The van der Waals surface area contributed by atoms with Crippen LogP contribution in [0.4, 0.5) is 0 Å². The normalized spacial score (nSPS) is 16.9. The van der Waals surface area contributed by atoms with Gasteiger partial charge in [0, 0.05) is 37.6 Å². The fourth-order valence-corrected chi connectivity index (χ4v) is 4.02. The van der Waals surface area contributed by atoms with Crippen LogP contribution in [0.2, 0.25) is 5.02 Å². The summed E-state index contributed by atoms with van der Waals surface area (Å²) < 4.78 is 0. The smallest absolute Gasteiger partial charge is 0.303 e. The van der Waals surface area contributed by atoms with E-state index in [1.807, 2.05) is 18.2 Å². The quantitative estimate of drug-likeness (QED) is 0.687. The van der Waals surface area contributed by atoms with Gasteiger partial charge >= 0.3 is 5.97 Å². The summed E-state index contributed by atoms with van der Waals surface area (Å²) in [6, 6.07) is 18.8. The van der Waals surface area contributed by atoms with Crippen LogP contribution in [0.25, 0.3) is 0 Å². The van der Waals surface area contributed by atoms with E-state index in [1.54, 1.807) is 0 Å². The molecule has 5 heteroatoms. The summed E-state index contributed by atoms with van der Waals surface area (Å²) in [5.74, 6) is -0.703. The van der Waals surface area contributed by atoms with Crippen LogP contribution in [0.1, 0.15) is 36.4 Å². The number of hydrogen-bond acceptors (Lipinski definition) is 3. The molecule has 0 radical (unpaired) electrons. The molecule has 3 rings (SSSR count). The Kier molecular flexibility index (Phi) is 7.27. The van der Waals surface area contributed by atoms with Crippen LogP contribution < -0.4 is 0 Å². The van der Waals surface area contributed by atoms with E-state index in [9.17, 15) is 4.79 Å². The maximum Gasteiger partial charge on any atom is 0.303 e. The maximum absolute atomic E-state index is 10.6. The van der Waals surface area contributed by atoms with Crippen LogP contribution in [0.15, 0.2) is 54.6 Å². The van der Waals surface area contributed by atoms with Crippen LogP contribution in [-0.4, -0.2) is 53.6 Å². The van der Waals surface area contributed by atoms with Gasteiger partial charge in [0.15, 0.2) is 0 Å². The molecule has 1 aliphatic rings. The molecule has 1 atom stereocenters. The summed E-state index contributed by atoms with van der Waals surface area (Å²) in [6.07, 6.45) is 1.96. The molecular formula is C22H27ClN2O2. The molecule has 144 valence electrons. The van der Waals surface area contributed by atoms with E-state index in [2.05, 4.69) is 46.2 Å². The van der Waals surface area contributed by atoms with Crippen LogP contribution in [0.5, 0.6) is 0 Å². The van der Waals surface area contributed by atoms with E-state index in [-0.39, 0.29) is 12.5 Å². The second kappa shape index (κ2) is 9.88. The van der Waals surface area contributed by atoms with Gasteiger partial charge in [0.2, 0.25) is 0 Å². The van der Waals surface area contributed by atoms with Gasteiger partial charge in [-0.3, -0.25) is 9.69 Å². The number of carbonyl (C=O) groups is 1. The van der Waals surface area contributed by atoms with E-state index >= 15 is 0 Å². The van der Waals surface area contributed by atoms with Crippen molar-refractivity contribution in [2.45, 2.75) is 25.3 Å². The summed E-state index contributed by atoms with van der Waals surface area (Å²) in [5.41, 5.74) is 2.42. The summed E-state index contributed by atoms with van der Waals surface area (Å²) >= 11 is 6.54. The minimum atomic E-state index is -0.703. The van der Waals surface area contributed by atoms with E-state index < -0.39 is 5.97 Å². The molecular weight excluding hydrogens is 360 g/mol. The number of nitrogens with zero attached hydrogens (tertiary/aromatic N) is 2. The van der Waals surface area contributed by atoms with Gasteiger partial charge in [0.25, 0.3) is 0 Å². The van der Waals surface area contributed by atoms with Gasteiger partial charge in [-0.25, -0.2) is 0 Å². The summed E-state index contributed by atoms with van der Waals surface area (Å²) in [7, 11) is 0. The zero-order valence-electron chi connectivity index (χ0n) is 15.6. The molecule has 4 nitrogen and oxygen atoms in total. The fraction of sp³-hybridized carbons (Fsp3) is 0.409. The number of carboxylic acid groups (broad SMARTS) is 1. The van der Waals surface area contributed by atoms with Gasteiger partial charge in [-0.05, 0) is 36.6 Å². The average Bonchev–Trinajstić information content (AvgIpc) is 2.69. The minimum absolute atomic E-state index is 0.161. The molecule has 0 bridgehead atoms. The number of aliphatic carboxylic acids is 1. The van der Waals surface area contributed by atoms with Crippen molar-refractivity contribution in [1.82, 2.24) is 9.80 Å². The Labute approximate surface area is 166 Å². The number of halogens is 1. The number of piperazine rings is 1. The number of rotatable bonds is 8. The van der Waals surface area contributed by atoms with Gasteiger partial charge in [-0.15, -0.1) is 0 Å². The molecule has 0 saturated carbocycles. The minimum Gasteiger partial charge on any atom is -0.481 e. The molecule has 0 spiro atoms. The monoisotopic (exact) mass is 386 g/mol. The van der Waals surface area contributed by atoms with Crippen LogP contribution >= 0.6 is 11.6 Å². The lowest BCUT2D eigenvalue weighted by atomic mass is 9.96. The molecule has 1 heterocycles. The topological polar surface area (TPSA) is 43.8 Å². The molecule has 0 aliphatic carbocycles. The summed E-state index contributed by atoms with van der Waals surface area (Å²) in [4.78, 5) is 15.6. The molecule has 27 heavy (non-hydrogen) atoms. The molecule has 1 unspecified atom stereocenters. The Morgan fingerprint density at radius 1 is 0.963 bits per heavy atom. The molecule has 1 aliphatic heterocycles. The number of hydrogen-bond donors (Lipinski definition) is 1. The highest BCUT2D eigenvalue weighted by Crippen LogP contribution is 2.33. The first-order valence-electron chi connectivity index (χ1n) is 9.62. The SMILES string of the molecule is O=C(O)CCCCN1CCN(C(c2ccccc2)c2ccccc2Cl)CC1. The van der Waals surface area contributed by atoms with Gasteiger partial charge in [-0.2, -0.15) is 0 Å². The van der Waals surface area contributed by atoms with Crippen LogP contribution in [0.3, 0.4) is 0 Å². The van der Waals surface area contributed by atoms with E-state index in [4.69, 9.17) is 16.7 Å². The lowest BCUT2D eigenvalue weighted by molar-refractivity contribution is -0.137. The number of benzene rings is 2. The largest absolute Gasteiger partial charge is 0.481 e. The molecule has 0 aromatic heterocycles. The molecule has 1 fully saturated rings. The molecule has 2 aromatic carbocycles. The second-order valence-corrected chi connectivity index (χ2v) is 7.47. The summed E-state index contributed by atoms with van der Waals surface area (Å²) in [5, 5.41) is 9.56. The first-order chi connectivity index (χ1) is 13.1. The van der Waals surface area contributed by atoms with Crippen molar-refractivity contribution < 1.29 is 9.90 Å². The van der Waals surface area contributed by atoms with E-state index in [0.29, 0.717) is 0 Å². The first kappa shape index (κ1) is 19.9. The maximum atomic E-state index is 10.6. The third kappa shape index (κ3) is 5.55. The molecule has 2 aromatic rings. The molecule has 1 N–H and O–H groups in total. The Balaban J connectivity index is 1.65. The van der Waals surface area contributed by atoms with Crippen LogP contribution in [-0.2, 0) is 4.79 Å². The van der Waals surface area contributed by atoms with Crippen LogP contribution in [0, 0.1) is 0 Å². The lowest BCUT2D eigenvalue weighted by Crippen LogP contribution is -2.48. The highest BCUT2D eigenvalue weighted by atomic mass is 35.5. The second-order valence-electron chi connectivity index (χ2n) is 7.06. The highest BCUT2D eigenvalue weighted by Gasteiger charge is 2.27. The van der Waals surface area contributed by atoms with Gasteiger partial charge in [0.1, 0.15) is 0 Å². The molecule has 1 saturated heterocycles. The summed E-state index contributed by atoms with van der Waals surface area (Å²) in [6.45, 7) is 4.93. The average molecular weight is 387 g/mol. The Bertz CT molecular complexity index is 730. The third-order valence-electron chi connectivity index (χ3n) is 5.20. The fourth-order valence-electron chi connectivity index (χ4n) is 3.78. The molecule has 0 amide bonds. The Morgan fingerprint density at radius 3 is 2.30 bits per heavy atom. The van der Waals surface area contributed by atoms with Crippen molar-refractivity contribution in [3.8, 4) is 0 Å². The van der Waals surface area contributed by atoms with Gasteiger partial charge in [0.05, 0.1) is 6.04 Å². The highest BCUT2D eigenvalue weighted by molar-refractivity contribution is 6.31. The Morgan fingerprint density at radius 2 is 1.63 bits per heavy atom. The van der Waals surface area contributed by atoms with Crippen molar-refractivity contribution in [3.05, 3.63) is 70.7 Å². The predicted octanol–water partition coefficient (Wildman–Crippen LogP) is 4.30. The van der Waals surface area contributed by atoms with Crippen molar-refractivity contribution in [2.75, 3.05) is 32.7 Å². The van der Waals surface area contributed by atoms with E-state index in [0.717, 1.165) is 56.2 Å². The van der Waals surface area contributed by atoms with Crippen molar-refractivity contribution in [2.24, 2.45) is 0 Å². The van der Waals surface area contributed by atoms with Crippen molar-refractivity contribution in [3.63, 3.8) is 0 Å².